The van der Waals surface area contributed by atoms with Gasteiger partial charge in [-0.15, -0.1) is 0 Å². The summed E-state index contributed by atoms with van der Waals surface area (Å²) in [6.45, 7) is 4.08. The molecular weight excluding hydrogens is 567 g/mol. The van der Waals surface area contributed by atoms with Crippen LogP contribution in [0.4, 0.5) is 0 Å². The van der Waals surface area contributed by atoms with Crippen molar-refractivity contribution in [2.24, 2.45) is 0 Å². The number of ether oxygens (including phenoxy) is 1. The van der Waals surface area contributed by atoms with E-state index in [1.807, 2.05) is 13.9 Å². The number of fused-ring (bicyclic) bond motifs is 2. The first-order chi connectivity index (χ1) is 13.7. The van der Waals surface area contributed by atoms with Crippen molar-refractivity contribution in [3.05, 3.63) is 76.9 Å². The molecule has 1 aliphatic heterocycles. The molecule has 1 heterocycles. The maximum atomic E-state index is 11.9. The molecule has 4 rings (SSSR count). The molecule has 8 heteroatoms. The SMILES string of the molecule is Bc1cc2c(c(Br)c1=C)Oc1c(cc(Br)c(O)c1Br)C=2c1ccccc1C(=O)O. The second kappa shape index (κ2) is 7.34. The van der Waals surface area contributed by atoms with E-state index in [-0.39, 0.29) is 11.3 Å². The maximum absolute atomic E-state index is 11.9. The van der Waals surface area contributed by atoms with Gasteiger partial charge in [-0.3, -0.25) is 0 Å². The van der Waals surface area contributed by atoms with Crippen LogP contribution in [0.25, 0.3) is 12.2 Å². The Balaban J connectivity index is 2.28. The quantitative estimate of drug-likeness (QED) is 0.358. The number of hydrogen-bond donors (Lipinski definition) is 2. The first-order valence-corrected chi connectivity index (χ1v) is 10.8. The molecule has 0 spiro atoms. The Bertz CT molecular complexity index is 1330. The molecule has 0 saturated heterocycles. The Morgan fingerprint density at radius 2 is 1.72 bits per heavy atom. The van der Waals surface area contributed by atoms with E-state index in [0.29, 0.717) is 41.6 Å². The molecule has 0 atom stereocenters. The van der Waals surface area contributed by atoms with Gasteiger partial charge in [0.1, 0.15) is 23.8 Å². The third-order valence-corrected chi connectivity index (χ3v) is 7.04. The summed E-state index contributed by atoms with van der Waals surface area (Å²) >= 11 is 10.3. The molecular formula is C21H12BBr3O4. The first kappa shape index (κ1) is 20.3. The van der Waals surface area contributed by atoms with E-state index >= 15 is 0 Å². The predicted molar refractivity (Wildman–Crippen MR) is 126 cm³/mol. The first-order valence-electron chi connectivity index (χ1n) is 8.46. The highest BCUT2D eigenvalue weighted by Gasteiger charge is 2.29. The zero-order chi connectivity index (χ0) is 21.0. The molecule has 1 aliphatic rings. The van der Waals surface area contributed by atoms with Gasteiger partial charge in [-0.25, -0.2) is 4.79 Å². The largest absolute Gasteiger partial charge is 0.505 e. The number of halogens is 3. The highest BCUT2D eigenvalue weighted by atomic mass is 79.9. The van der Waals surface area contributed by atoms with E-state index in [2.05, 4.69) is 54.4 Å². The van der Waals surface area contributed by atoms with Gasteiger partial charge < -0.3 is 14.9 Å². The van der Waals surface area contributed by atoms with Gasteiger partial charge in [0.25, 0.3) is 0 Å². The average Bonchev–Trinajstić information content (AvgIpc) is 2.69. The molecule has 3 aromatic carbocycles. The van der Waals surface area contributed by atoms with E-state index in [0.717, 1.165) is 15.9 Å². The van der Waals surface area contributed by atoms with Crippen LogP contribution in [0.1, 0.15) is 21.5 Å². The topological polar surface area (TPSA) is 66.8 Å². The molecule has 3 aromatic rings. The number of benzene rings is 3. The van der Waals surface area contributed by atoms with Crippen LogP contribution in [-0.2, 0) is 0 Å². The van der Waals surface area contributed by atoms with Crippen LogP contribution in [0.3, 0.4) is 0 Å². The van der Waals surface area contributed by atoms with Crippen LogP contribution in [0.5, 0.6) is 17.2 Å². The molecule has 4 nitrogen and oxygen atoms in total. The van der Waals surface area contributed by atoms with E-state index in [1.165, 1.54) is 0 Å². The molecule has 2 N–H and O–H groups in total. The minimum absolute atomic E-state index is 0.00356. The number of rotatable bonds is 2. The van der Waals surface area contributed by atoms with Gasteiger partial charge in [0, 0.05) is 16.4 Å². The molecule has 0 amide bonds. The number of carboxylic acids is 1. The van der Waals surface area contributed by atoms with Crippen molar-refractivity contribution in [1.29, 1.82) is 0 Å². The van der Waals surface area contributed by atoms with Gasteiger partial charge in [0.15, 0.2) is 5.75 Å². The summed E-state index contributed by atoms with van der Waals surface area (Å²) in [7, 11) is 1.94. The minimum Gasteiger partial charge on any atom is -0.505 e. The monoisotopic (exact) mass is 576 g/mol. The molecule has 0 aliphatic carbocycles. The van der Waals surface area contributed by atoms with Crippen LogP contribution >= 0.6 is 47.8 Å². The van der Waals surface area contributed by atoms with Crippen molar-refractivity contribution in [2.75, 3.05) is 0 Å². The number of aromatic hydroxyl groups is 1. The molecule has 0 aromatic heterocycles. The Morgan fingerprint density at radius 3 is 2.41 bits per heavy atom. The molecule has 144 valence electrons. The van der Waals surface area contributed by atoms with Crippen molar-refractivity contribution in [3.8, 4) is 17.2 Å². The van der Waals surface area contributed by atoms with Gasteiger partial charge in [-0.1, -0.05) is 36.3 Å². The standard InChI is InChI=1S/C21H12BBr3O4/c1-8-13(22)6-11-15(9-4-2-3-5-10(9)21(27)28)12-7-14(23)18(26)17(25)20(12)29-19(11)16(8)24/h2-7,26H,1,22H2,(H,27,28). The lowest BCUT2D eigenvalue weighted by atomic mass is 9.86. The number of carboxylic acid groups (broad SMARTS) is 1. The zero-order valence-electron chi connectivity index (χ0n) is 15.0. The van der Waals surface area contributed by atoms with Crippen LogP contribution in [0.2, 0.25) is 0 Å². The molecule has 0 unspecified atom stereocenters. The smallest absolute Gasteiger partial charge is 0.336 e. The Labute approximate surface area is 192 Å². The zero-order valence-corrected chi connectivity index (χ0v) is 19.8. The second-order valence-corrected chi connectivity index (χ2v) is 9.03. The highest BCUT2D eigenvalue weighted by molar-refractivity contribution is 9.11. The van der Waals surface area contributed by atoms with E-state index in [9.17, 15) is 15.0 Å². The van der Waals surface area contributed by atoms with E-state index < -0.39 is 5.97 Å². The van der Waals surface area contributed by atoms with Crippen LogP contribution in [0, 0.1) is 0 Å². The molecule has 0 fully saturated rings. The van der Waals surface area contributed by atoms with Crippen molar-refractivity contribution in [3.63, 3.8) is 0 Å². The van der Waals surface area contributed by atoms with Gasteiger partial charge in [0.2, 0.25) is 0 Å². The van der Waals surface area contributed by atoms with Crippen LogP contribution in [-0.4, -0.2) is 24.0 Å². The minimum atomic E-state index is -1.02. The summed E-state index contributed by atoms with van der Waals surface area (Å²) in [6, 6.07) is 10.5. The number of aromatic carboxylic acids is 1. The lowest BCUT2D eigenvalue weighted by molar-refractivity contribution is 0.0696. The number of hydrogen-bond acceptors (Lipinski definition) is 3. The van der Waals surface area contributed by atoms with Gasteiger partial charge >= 0.3 is 5.97 Å². The fraction of sp³-hybridized carbons (Fsp3) is 0. The van der Waals surface area contributed by atoms with Crippen LogP contribution in [0.15, 0.2) is 49.8 Å². The third-order valence-electron chi connectivity index (χ3n) is 4.86. The van der Waals surface area contributed by atoms with Crippen LogP contribution < -0.4 is 20.6 Å². The van der Waals surface area contributed by atoms with E-state index in [4.69, 9.17) is 4.74 Å². The normalized spacial score (nSPS) is 12.2. The van der Waals surface area contributed by atoms with E-state index in [1.54, 1.807) is 30.3 Å². The number of carbonyl (C=O) groups is 1. The molecule has 29 heavy (non-hydrogen) atoms. The second-order valence-electron chi connectivity index (χ2n) is 6.59. The maximum Gasteiger partial charge on any atom is 0.336 e. The van der Waals surface area contributed by atoms with Crippen molar-refractivity contribution < 1.29 is 19.7 Å². The molecule has 0 radical (unpaired) electrons. The highest BCUT2D eigenvalue weighted by Crippen LogP contribution is 2.48. The van der Waals surface area contributed by atoms with Gasteiger partial charge in [-0.2, -0.15) is 0 Å². The summed E-state index contributed by atoms with van der Waals surface area (Å²) in [5.74, 6) is -0.108. The summed E-state index contributed by atoms with van der Waals surface area (Å²) in [5.41, 5.74) is 3.02. The lowest BCUT2D eigenvalue weighted by Crippen LogP contribution is -2.33. The van der Waals surface area contributed by atoms with Crippen molar-refractivity contribution >= 4 is 79.2 Å². The Hall–Kier alpha value is -2.03. The summed E-state index contributed by atoms with van der Waals surface area (Å²) in [5, 5.41) is 21.7. The fourth-order valence-electron chi connectivity index (χ4n) is 3.38. The Kier molecular flexibility index (Phi) is 5.13. The summed E-state index contributed by atoms with van der Waals surface area (Å²) in [6.07, 6.45) is 0. The number of phenolic OH excluding ortho intramolecular Hbond substituents is 1. The van der Waals surface area contributed by atoms with Crippen molar-refractivity contribution in [2.45, 2.75) is 0 Å². The Morgan fingerprint density at radius 1 is 1.03 bits per heavy atom. The summed E-state index contributed by atoms with van der Waals surface area (Å²) in [4.78, 5) is 11.9. The molecule has 0 saturated carbocycles. The van der Waals surface area contributed by atoms with Gasteiger partial charge in [0.05, 0.1) is 14.5 Å². The molecule has 0 bridgehead atoms. The summed E-state index contributed by atoms with van der Waals surface area (Å²) < 4.78 is 7.69. The van der Waals surface area contributed by atoms with Gasteiger partial charge in [-0.05, 0) is 70.7 Å². The average molecular weight is 579 g/mol. The third kappa shape index (κ3) is 3.14. The number of phenols is 1. The lowest BCUT2D eigenvalue weighted by Gasteiger charge is -2.25. The fourth-order valence-corrected chi connectivity index (χ4v) is 5.19. The van der Waals surface area contributed by atoms with Crippen molar-refractivity contribution in [1.82, 2.24) is 0 Å². The predicted octanol–water partition coefficient (Wildman–Crippen LogP) is 3.40.